The van der Waals surface area contributed by atoms with Gasteiger partial charge >= 0.3 is 4.87 Å². The Morgan fingerprint density at radius 1 is 1.27 bits per heavy atom. The normalized spacial score (nSPS) is 31.6. The molecule has 1 aromatic rings. The molecular formula is C17H27BINOS. The molecule has 2 nitrogen and oxygen atoms in total. The van der Waals surface area contributed by atoms with Crippen LogP contribution in [0.5, 0.6) is 0 Å². The van der Waals surface area contributed by atoms with E-state index in [9.17, 15) is 4.79 Å². The van der Waals surface area contributed by atoms with E-state index in [0.29, 0.717) is 8.64 Å². The van der Waals surface area contributed by atoms with Crippen LogP contribution in [0.25, 0.3) is 0 Å². The number of alkyl halides is 1. The van der Waals surface area contributed by atoms with Gasteiger partial charge in [-0.3, -0.25) is 4.79 Å². The van der Waals surface area contributed by atoms with Gasteiger partial charge in [0, 0.05) is 19.9 Å². The second kappa shape index (κ2) is 5.94. The van der Waals surface area contributed by atoms with E-state index < -0.39 is 0 Å². The molecule has 0 saturated carbocycles. The van der Waals surface area contributed by atoms with Crippen LogP contribution in [0, 0.1) is 5.92 Å². The lowest BCUT2D eigenvalue weighted by molar-refractivity contribution is 0.287. The summed E-state index contributed by atoms with van der Waals surface area (Å²) >= 11 is 4.22. The summed E-state index contributed by atoms with van der Waals surface area (Å²) < 4.78 is 2.45. The van der Waals surface area contributed by atoms with E-state index in [1.165, 1.54) is 54.9 Å². The lowest BCUT2D eigenvalue weighted by Crippen LogP contribution is -2.55. The Labute approximate surface area is 152 Å². The van der Waals surface area contributed by atoms with Gasteiger partial charge in [-0.2, -0.15) is 0 Å². The summed E-state index contributed by atoms with van der Waals surface area (Å²) in [5.41, 5.74) is 1.35. The summed E-state index contributed by atoms with van der Waals surface area (Å²) in [6, 6.07) is 0.289. The van der Waals surface area contributed by atoms with Gasteiger partial charge < -0.3 is 4.57 Å². The van der Waals surface area contributed by atoms with Crippen molar-refractivity contribution in [3.63, 3.8) is 0 Å². The van der Waals surface area contributed by atoms with E-state index in [1.807, 2.05) is 0 Å². The summed E-state index contributed by atoms with van der Waals surface area (Å²) in [5, 5.41) is 0.574. The third kappa shape index (κ3) is 2.85. The van der Waals surface area contributed by atoms with Gasteiger partial charge in [0.05, 0.1) is 0 Å². The highest BCUT2D eigenvalue weighted by Crippen LogP contribution is 2.61. The van der Waals surface area contributed by atoms with E-state index in [4.69, 9.17) is 0 Å². The van der Waals surface area contributed by atoms with Crippen LogP contribution in [0.3, 0.4) is 0 Å². The minimum Gasteiger partial charge on any atom is -0.300 e. The smallest absolute Gasteiger partial charge is 0.300 e. The van der Waals surface area contributed by atoms with Crippen molar-refractivity contribution in [1.29, 1.82) is 0 Å². The van der Waals surface area contributed by atoms with Crippen molar-refractivity contribution in [2.24, 2.45) is 5.92 Å². The third-order valence-corrected chi connectivity index (χ3v) is 8.06. The van der Waals surface area contributed by atoms with Crippen LogP contribution in [-0.4, -0.2) is 15.2 Å². The summed E-state index contributed by atoms with van der Waals surface area (Å²) in [6.07, 6.45) is 7.46. The molecule has 3 heterocycles. The number of thiazole rings is 1. The van der Waals surface area contributed by atoms with Gasteiger partial charge in [-0.1, -0.05) is 60.6 Å². The Balaban J connectivity index is 1.95. The van der Waals surface area contributed by atoms with E-state index in [1.54, 1.807) is 0 Å². The molecule has 2 atom stereocenters. The number of aromatic nitrogens is 1. The lowest BCUT2D eigenvalue weighted by atomic mass is 9.27. The van der Waals surface area contributed by atoms with Crippen LogP contribution in [-0.2, 0) is 12.8 Å². The summed E-state index contributed by atoms with van der Waals surface area (Å²) in [6.45, 7) is 9.09. The van der Waals surface area contributed by atoms with E-state index >= 15 is 0 Å². The SMILES string of the molecule is CC(C)n1c2c(sc1=O)CC1(I)BC(C(C)C)(CCCC2)C1. The van der Waals surface area contributed by atoms with Crippen molar-refractivity contribution in [3.8, 4) is 0 Å². The number of fused-ring (bicyclic) bond motifs is 3. The van der Waals surface area contributed by atoms with Gasteiger partial charge in [0.1, 0.15) is 7.28 Å². The first-order chi connectivity index (χ1) is 10.3. The first-order valence-corrected chi connectivity index (χ1v) is 10.6. The molecule has 0 N–H and O–H groups in total. The van der Waals surface area contributed by atoms with Gasteiger partial charge in [0.15, 0.2) is 0 Å². The molecule has 0 aromatic carbocycles. The van der Waals surface area contributed by atoms with Crippen LogP contribution in [0.2, 0.25) is 5.31 Å². The number of rotatable bonds is 2. The molecule has 0 spiro atoms. The van der Waals surface area contributed by atoms with Crippen LogP contribution in [0.4, 0.5) is 0 Å². The molecule has 1 aromatic heterocycles. The molecule has 2 aliphatic heterocycles. The Morgan fingerprint density at radius 2 is 1.95 bits per heavy atom. The minimum atomic E-state index is 0.258. The van der Waals surface area contributed by atoms with Crippen molar-refractivity contribution < 1.29 is 0 Å². The van der Waals surface area contributed by atoms with Crippen molar-refractivity contribution in [1.82, 2.24) is 4.57 Å². The summed E-state index contributed by atoms with van der Waals surface area (Å²) in [5.74, 6) is 0.785. The first-order valence-electron chi connectivity index (χ1n) is 8.68. The molecule has 122 valence electrons. The molecule has 2 bridgehead atoms. The molecule has 2 unspecified atom stereocenters. The highest BCUT2D eigenvalue weighted by atomic mass is 127. The zero-order valence-electron chi connectivity index (χ0n) is 14.2. The molecule has 4 rings (SSSR count). The fraction of sp³-hybridized carbons (Fsp3) is 0.824. The second-order valence-corrected chi connectivity index (χ2v) is 11.4. The van der Waals surface area contributed by atoms with Crippen LogP contribution in [0.1, 0.15) is 70.0 Å². The quantitative estimate of drug-likeness (QED) is 0.383. The molecule has 0 radical (unpaired) electrons. The fourth-order valence-corrected chi connectivity index (χ4v) is 8.10. The number of hydrogen-bond donors (Lipinski definition) is 0. The molecule has 0 amide bonds. The Bertz CT molecular complexity index is 613. The van der Waals surface area contributed by atoms with Crippen molar-refractivity contribution in [2.45, 2.75) is 80.9 Å². The van der Waals surface area contributed by atoms with Crippen LogP contribution < -0.4 is 4.87 Å². The van der Waals surface area contributed by atoms with Gasteiger partial charge in [0.25, 0.3) is 0 Å². The monoisotopic (exact) mass is 431 g/mol. The number of hydrogen-bond acceptors (Lipinski definition) is 2. The molecule has 1 aliphatic carbocycles. The van der Waals surface area contributed by atoms with E-state index in [-0.39, 0.29) is 10.9 Å². The lowest BCUT2D eigenvalue weighted by Gasteiger charge is -2.56. The molecule has 1 fully saturated rings. The minimum absolute atomic E-state index is 0.258. The van der Waals surface area contributed by atoms with Gasteiger partial charge in [0.2, 0.25) is 0 Å². The fourth-order valence-electron chi connectivity index (χ4n) is 4.64. The van der Waals surface area contributed by atoms with Crippen molar-refractivity contribution >= 4 is 41.2 Å². The predicted octanol–water partition coefficient (Wildman–Crippen LogP) is 4.55. The maximum Gasteiger partial charge on any atom is 0.307 e. The highest BCUT2D eigenvalue weighted by Gasteiger charge is 2.55. The maximum atomic E-state index is 12.4. The zero-order valence-corrected chi connectivity index (χ0v) is 17.2. The standard InChI is InChI=1S/C17H27BINOS/c1-11(2)16-8-6-5-7-13-14(9-17(19,10-16)18-16)22-15(21)20(13)12(3)4/h11-12,18H,5-10H2,1-4H3. The van der Waals surface area contributed by atoms with E-state index in [2.05, 4.69) is 54.9 Å². The topological polar surface area (TPSA) is 22.0 Å². The molecular weight excluding hydrogens is 404 g/mol. The van der Waals surface area contributed by atoms with Crippen molar-refractivity contribution in [2.75, 3.05) is 0 Å². The third-order valence-electron chi connectivity index (χ3n) is 5.91. The second-order valence-electron chi connectivity index (χ2n) is 8.11. The van der Waals surface area contributed by atoms with Crippen LogP contribution >= 0.6 is 33.9 Å². The largest absolute Gasteiger partial charge is 0.307 e. The Hall–Kier alpha value is 0.225. The zero-order chi connectivity index (χ0) is 16.1. The summed E-state index contributed by atoms with van der Waals surface area (Å²) in [4.78, 5) is 14.1. The first kappa shape index (κ1) is 17.1. The van der Waals surface area contributed by atoms with Crippen LogP contribution in [0.15, 0.2) is 4.79 Å². The molecule has 5 heteroatoms. The molecule has 1 saturated heterocycles. The Kier molecular flexibility index (Phi) is 4.61. The van der Waals surface area contributed by atoms with E-state index in [0.717, 1.165) is 18.8 Å². The average molecular weight is 431 g/mol. The maximum absolute atomic E-state index is 12.4. The average Bonchev–Trinajstić information content (AvgIpc) is 2.68. The van der Waals surface area contributed by atoms with Gasteiger partial charge in [-0.15, -0.1) is 0 Å². The van der Waals surface area contributed by atoms with Gasteiger partial charge in [-0.05, 0) is 50.8 Å². The molecule has 3 aliphatic rings. The predicted molar refractivity (Wildman–Crippen MR) is 106 cm³/mol. The Morgan fingerprint density at radius 3 is 2.55 bits per heavy atom. The van der Waals surface area contributed by atoms with Crippen molar-refractivity contribution in [3.05, 3.63) is 20.2 Å². The molecule has 22 heavy (non-hydrogen) atoms. The highest BCUT2D eigenvalue weighted by molar-refractivity contribution is 14.1. The number of halogens is 1. The number of nitrogens with zero attached hydrogens (tertiary/aromatic N) is 1. The van der Waals surface area contributed by atoms with Gasteiger partial charge in [-0.25, -0.2) is 0 Å². The summed E-state index contributed by atoms with van der Waals surface area (Å²) in [7, 11) is 1.34.